The van der Waals surface area contributed by atoms with Crippen molar-refractivity contribution in [2.24, 2.45) is 0 Å². The lowest BCUT2D eigenvalue weighted by atomic mass is 10.1. The maximum absolute atomic E-state index is 12.1. The van der Waals surface area contributed by atoms with Gasteiger partial charge in [-0.1, -0.05) is 0 Å². The van der Waals surface area contributed by atoms with Crippen LogP contribution in [0.5, 0.6) is 5.75 Å². The smallest absolute Gasteiger partial charge is 0.184 e. The molecule has 17 heavy (non-hydrogen) atoms. The van der Waals surface area contributed by atoms with Crippen molar-refractivity contribution in [2.75, 3.05) is 20.8 Å². The van der Waals surface area contributed by atoms with Crippen LogP contribution in [0.15, 0.2) is 6.20 Å². The van der Waals surface area contributed by atoms with Gasteiger partial charge in [0, 0.05) is 26.2 Å². The number of ketones is 1. The molecule has 0 aliphatic rings. The number of aromatic nitrogens is 2. The zero-order valence-corrected chi connectivity index (χ0v) is 10.9. The van der Waals surface area contributed by atoms with E-state index in [1.165, 1.54) is 0 Å². The van der Waals surface area contributed by atoms with Crippen molar-refractivity contribution in [3.05, 3.63) is 11.9 Å². The number of rotatable bonds is 7. The second-order valence-electron chi connectivity index (χ2n) is 4.12. The first-order chi connectivity index (χ1) is 8.11. The van der Waals surface area contributed by atoms with Crippen LogP contribution in [0.4, 0.5) is 0 Å². The molecular formula is C12H20N2O3. The molecule has 5 nitrogen and oxygen atoms in total. The molecule has 0 bridgehead atoms. The molecule has 1 heterocycles. The second-order valence-corrected chi connectivity index (χ2v) is 4.12. The first kappa shape index (κ1) is 13.7. The third-order valence-corrected chi connectivity index (χ3v) is 2.49. The van der Waals surface area contributed by atoms with E-state index in [4.69, 9.17) is 9.47 Å². The number of hydrogen-bond donors (Lipinski definition) is 0. The first-order valence-corrected chi connectivity index (χ1v) is 5.75. The highest BCUT2D eigenvalue weighted by Gasteiger charge is 2.20. The lowest BCUT2D eigenvalue weighted by Gasteiger charge is -2.11. The summed E-state index contributed by atoms with van der Waals surface area (Å²) in [6, 6.07) is 0.139. The zero-order chi connectivity index (χ0) is 12.8. The molecule has 0 radical (unpaired) electrons. The Hall–Kier alpha value is -1.36. The van der Waals surface area contributed by atoms with Gasteiger partial charge in [0.2, 0.25) is 0 Å². The van der Waals surface area contributed by atoms with Crippen LogP contribution in [0.2, 0.25) is 0 Å². The molecule has 5 heteroatoms. The molecule has 1 aromatic rings. The van der Waals surface area contributed by atoms with Crippen LogP contribution >= 0.6 is 0 Å². The molecule has 0 aromatic carbocycles. The van der Waals surface area contributed by atoms with E-state index in [1.54, 1.807) is 25.1 Å². The summed E-state index contributed by atoms with van der Waals surface area (Å²) in [5.74, 6) is 0.589. The van der Waals surface area contributed by atoms with Gasteiger partial charge in [0.15, 0.2) is 11.5 Å². The first-order valence-electron chi connectivity index (χ1n) is 5.75. The molecule has 0 fully saturated rings. The summed E-state index contributed by atoms with van der Waals surface area (Å²) in [6.07, 6.45) is 2.74. The highest BCUT2D eigenvalue weighted by atomic mass is 16.5. The van der Waals surface area contributed by atoms with E-state index in [1.807, 2.05) is 13.8 Å². The molecule has 0 amide bonds. The van der Waals surface area contributed by atoms with Crippen LogP contribution in [-0.4, -0.2) is 36.4 Å². The Morgan fingerprint density at radius 3 is 2.71 bits per heavy atom. The highest BCUT2D eigenvalue weighted by Crippen LogP contribution is 2.22. The quantitative estimate of drug-likeness (QED) is 0.541. The molecular weight excluding hydrogens is 220 g/mol. The summed E-state index contributed by atoms with van der Waals surface area (Å²) in [4.78, 5) is 12.1. The average Bonchev–Trinajstić information content (AvgIpc) is 2.72. The van der Waals surface area contributed by atoms with Crippen molar-refractivity contribution < 1.29 is 14.3 Å². The average molecular weight is 240 g/mol. The van der Waals surface area contributed by atoms with E-state index < -0.39 is 0 Å². The molecule has 1 aromatic heterocycles. The van der Waals surface area contributed by atoms with Crippen molar-refractivity contribution in [2.45, 2.75) is 32.7 Å². The van der Waals surface area contributed by atoms with Crippen molar-refractivity contribution >= 4 is 5.78 Å². The van der Waals surface area contributed by atoms with Crippen molar-refractivity contribution in [1.29, 1.82) is 0 Å². The van der Waals surface area contributed by atoms with E-state index in [0.717, 1.165) is 0 Å². The Morgan fingerprint density at radius 1 is 1.47 bits per heavy atom. The van der Waals surface area contributed by atoms with E-state index in [-0.39, 0.29) is 11.8 Å². The summed E-state index contributed by atoms with van der Waals surface area (Å²) in [5.41, 5.74) is 0.554. The number of methoxy groups -OCH3 is 2. The lowest BCUT2D eigenvalue weighted by Crippen LogP contribution is -2.14. The predicted octanol–water partition coefficient (Wildman–Crippen LogP) is 2.08. The summed E-state index contributed by atoms with van der Waals surface area (Å²) >= 11 is 0. The monoisotopic (exact) mass is 240 g/mol. The van der Waals surface area contributed by atoms with Gasteiger partial charge < -0.3 is 9.47 Å². The van der Waals surface area contributed by atoms with Gasteiger partial charge in [0.05, 0.1) is 13.3 Å². The molecule has 0 spiro atoms. The zero-order valence-electron chi connectivity index (χ0n) is 10.9. The molecule has 0 N–H and O–H groups in total. The molecule has 0 aliphatic heterocycles. The van der Waals surface area contributed by atoms with Gasteiger partial charge in [-0.25, -0.2) is 0 Å². The number of Topliss-reactive ketones (excluding diaryl/α,β-unsaturated/α-hetero) is 1. The van der Waals surface area contributed by atoms with Gasteiger partial charge in [-0.05, 0) is 20.3 Å². The lowest BCUT2D eigenvalue weighted by molar-refractivity contribution is 0.0948. The largest absolute Gasteiger partial charge is 0.493 e. The molecule has 96 valence electrons. The van der Waals surface area contributed by atoms with Crippen LogP contribution in [0, 0.1) is 0 Å². The van der Waals surface area contributed by atoms with Gasteiger partial charge in [-0.3, -0.25) is 9.48 Å². The Kier molecular flexibility index (Phi) is 5.15. The Bertz CT molecular complexity index is 372. The number of hydrogen-bond acceptors (Lipinski definition) is 4. The minimum Gasteiger partial charge on any atom is -0.493 e. The molecule has 0 saturated carbocycles. The maximum atomic E-state index is 12.1. The number of carbonyl (C=O) groups is 1. The van der Waals surface area contributed by atoms with Gasteiger partial charge in [0.25, 0.3) is 0 Å². The third-order valence-electron chi connectivity index (χ3n) is 2.49. The number of carbonyl (C=O) groups excluding carboxylic acids is 1. The van der Waals surface area contributed by atoms with Crippen molar-refractivity contribution in [1.82, 2.24) is 9.78 Å². The minimum atomic E-state index is 0.0464. The van der Waals surface area contributed by atoms with Crippen LogP contribution in [0.3, 0.4) is 0 Å². The molecule has 0 saturated heterocycles. The fourth-order valence-corrected chi connectivity index (χ4v) is 1.65. The topological polar surface area (TPSA) is 53.4 Å². The van der Waals surface area contributed by atoms with E-state index in [9.17, 15) is 4.79 Å². The van der Waals surface area contributed by atoms with Crippen LogP contribution in [0.1, 0.15) is 43.2 Å². The Labute approximate surface area is 102 Å². The SMILES string of the molecule is COCCCC(=O)c1c(OC)cnn1C(C)C. The standard InChI is InChI=1S/C12H20N2O3/c1-9(2)14-12(11(17-4)8-13-14)10(15)6-5-7-16-3/h8-9H,5-7H2,1-4H3. The minimum absolute atomic E-state index is 0.0464. The summed E-state index contributed by atoms with van der Waals surface area (Å²) < 4.78 is 11.8. The van der Waals surface area contributed by atoms with Crippen LogP contribution < -0.4 is 4.74 Å². The molecule has 0 aliphatic carbocycles. The highest BCUT2D eigenvalue weighted by molar-refractivity contribution is 5.97. The summed E-state index contributed by atoms with van der Waals surface area (Å²) in [5, 5.41) is 4.18. The predicted molar refractivity (Wildman–Crippen MR) is 64.6 cm³/mol. The van der Waals surface area contributed by atoms with Crippen LogP contribution in [0.25, 0.3) is 0 Å². The third kappa shape index (κ3) is 3.30. The summed E-state index contributed by atoms with van der Waals surface area (Å²) in [7, 11) is 3.18. The van der Waals surface area contributed by atoms with E-state index in [0.29, 0.717) is 30.9 Å². The molecule has 0 atom stereocenters. The van der Waals surface area contributed by atoms with Gasteiger partial charge in [0.1, 0.15) is 5.69 Å². The molecule has 0 unspecified atom stereocenters. The van der Waals surface area contributed by atoms with Gasteiger partial charge >= 0.3 is 0 Å². The second kappa shape index (κ2) is 6.39. The van der Waals surface area contributed by atoms with Gasteiger partial charge in [-0.2, -0.15) is 5.10 Å². The number of nitrogens with zero attached hydrogens (tertiary/aromatic N) is 2. The normalized spacial score (nSPS) is 10.9. The van der Waals surface area contributed by atoms with Crippen molar-refractivity contribution in [3.63, 3.8) is 0 Å². The fraction of sp³-hybridized carbons (Fsp3) is 0.667. The van der Waals surface area contributed by atoms with E-state index >= 15 is 0 Å². The Balaban J connectivity index is 2.85. The number of ether oxygens (including phenoxy) is 2. The van der Waals surface area contributed by atoms with Crippen LogP contribution in [-0.2, 0) is 4.74 Å². The fourth-order valence-electron chi connectivity index (χ4n) is 1.65. The Morgan fingerprint density at radius 2 is 2.18 bits per heavy atom. The maximum Gasteiger partial charge on any atom is 0.184 e. The van der Waals surface area contributed by atoms with Gasteiger partial charge in [-0.15, -0.1) is 0 Å². The van der Waals surface area contributed by atoms with E-state index in [2.05, 4.69) is 5.10 Å². The molecule has 1 rings (SSSR count). The summed E-state index contributed by atoms with van der Waals surface area (Å²) in [6.45, 7) is 4.56. The van der Waals surface area contributed by atoms with Crippen molar-refractivity contribution in [3.8, 4) is 5.75 Å².